The monoisotopic (exact) mass is 290 g/mol. The van der Waals surface area contributed by atoms with Gasteiger partial charge in [-0.2, -0.15) is 0 Å². The van der Waals surface area contributed by atoms with Crippen molar-refractivity contribution in [3.05, 3.63) is 29.1 Å². The summed E-state index contributed by atoms with van der Waals surface area (Å²) in [4.78, 5) is 10.7. The molecule has 0 radical (unpaired) electrons. The van der Waals surface area contributed by atoms with Crippen LogP contribution < -0.4 is 0 Å². The quantitative estimate of drug-likeness (QED) is 0.636. The third-order valence-electron chi connectivity index (χ3n) is 2.58. The van der Waals surface area contributed by atoms with Crippen molar-refractivity contribution in [2.24, 2.45) is 0 Å². The summed E-state index contributed by atoms with van der Waals surface area (Å²) in [6, 6.07) is 2.00. The van der Waals surface area contributed by atoms with E-state index in [1.165, 1.54) is 14.0 Å². The van der Waals surface area contributed by atoms with Gasteiger partial charge in [0.05, 0.1) is 16.2 Å². The number of aryl methyl sites for hydroxylation is 1. The summed E-state index contributed by atoms with van der Waals surface area (Å²) in [5.41, 5.74) is -0.643. The van der Waals surface area contributed by atoms with E-state index in [0.29, 0.717) is 0 Å². The Hall–Kier alpha value is -1.47. The minimum absolute atomic E-state index is 0.00906. The molecule has 1 rings (SSSR count). The maximum absolute atomic E-state index is 13.5. The summed E-state index contributed by atoms with van der Waals surface area (Å²) in [5.74, 6) is -2.58. The number of ether oxygens (including phenoxy) is 1. The molecule has 5 nitrogen and oxygen atoms in total. The van der Waals surface area contributed by atoms with Crippen LogP contribution >= 0.6 is 0 Å². The van der Waals surface area contributed by atoms with Crippen LogP contribution in [0.1, 0.15) is 22.3 Å². The van der Waals surface area contributed by atoms with Gasteiger partial charge in [0, 0.05) is 13.7 Å². The van der Waals surface area contributed by atoms with Gasteiger partial charge >= 0.3 is 5.97 Å². The molecule has 19 heavy (non-hydrogen) atoms. The van der Waals surface area contributed by atoms with E-state index in [1.807, 2.05) is 0 Å². The van der Waals surface area contributed by atoms with Crippen LogP contribution in [0.3, 0.4) is 0 Å². The zero-order chi connectivity index (χ0) is 14.6. The first-order chi connectivity index (χ1) is 8.79. The van der Waals surface area contributed by atoms with E-state index in [2.05, 4.69) is 0 Å². The topological polar surface area (TPSA) is 80.7 Å². The highest BCUT2D eigenvalue weighted by atomic mass is 32.2. The fourth-order valence-electron chi connectivity index (χ4n) is 1.58. The lowest BCUT2D eigenvalue weighted by Crippen LogP contribution is -2.12. The molecule has 0 bridgehead atoms. The zero-order valence-electron chi connectivity index (χ0n) is 10.6. The van der Waals surface area contributed by atoms with Crippen molar-refractivity contribution in [1.29, 1.82) is 0 Å². The van der Waals surface area contributed by atoms with Crippen molar-refractivity contribution in [1.82, 2.24) is 0 Å². The molecule has 0 saturated carbocycles. The minimum atomic E-state index is -3.64. The summed E-state index contributed by atoms with van der Waals surface area (Å²) in [7, 11) is -2.18. The van der Waals surface area contributed by atoms with Crippen LogP contribution in [0.4, 0.5) is 4.39 Å². The van der Waals surface area contributed by atoms with Gasteiger partial charge in [-0.1, -0.05) is 0 Å². The Bertz CT molecular complexity index is 580. The molecule has 0 saturated heterocycles. The number of halogens is 1. The van der Waals surface area contributed by atoms with E-state index >= 15 is 0 Å². The van der Waals surface area contributed by atoms with Crippen molar-refractivity contribution >= 4 is 15.8 Å². The summed E-state index contributed by atoms with van der Waals surface area (Å²) >= 11 is 0. The van der Waals surface area contributed by atoms with Crippen LogP contribution in [-0.2, 0) is 14.6 Å². The number of aromatic carboxylic acids is 1. The van der Waals surface area contributed by atoms with Gasteiger partial charge in [-0.3, -0.25) is 0 Å². The first-order valence-corrected chi connectivity index (χ1v) is 7.20. The Kier molecular flexibility index (Phi) is 5.02. The van der Waals surface area contributed by atoms with E-state index in [0.717, 1.165) is 12.1 Å². The van der Waals surface area contributed by atoms with Crippen molar-refractivity contribution in [2.75, 3.05) is 19.5 Å². The highest BCUT2D eigenvalue weighted by molar-refractivity contribution is 7.91. The van der Waals surface area contributed by atoms with Gasteiger partial charge in [0.25, 0.3) is 0 Å². The Balaban J connectivity index is 3.17. The van der Waals surface area contributed by atoms with Gasteiger partial charge in [0.1, 0.15) is 5.82 Å². The Morgan fingerprint density at radius 2 is 2.05 bits per heavy atom. The molecule has 0 aliphatic carbocycles. The first-order valence-electron chi connectivity index (χ1n) is 5.54. The lowest BCUT2D eigenvalue weighted by atomic mass is 10.1. The Morgan fingerprint density at radius 1 is 1.42 bits per heavy atom. The second-order valence-electron chi connectivity index (χ2n) is 4.07. The number of hydrogen-bond donors (Lipinski definition) is 1. The Labute approximate surface area is 110 Å². The van der Waals surface area contributed by atoms with Crippen LogP contribution in [0.2, 0.25) is 0 Å². The summed E-state index contributed by atoms with van der Waals surface area (Å²) in [6.07, 6.45) is 0.289. The van der Waals surface area contributed by atoms with Crippen molar-refractivity contribution in [3.63, 3.8) is 0 Å². The van der Waals surface area contributed by atoms with Crippen LogP contribution in [-0.4, -0.2) is 39.0 Å². The van der Waals surface area contributed by atoms with E-state index in [1.54, 1.807) is 0 Å². The number of carboxylic acids is 1. The molecule has 1 aromatic carbocycles. The number of benzene rings is 1. The third-order valence-corrected chi connectivity index (χ3v) is 4.36. The highest BCUT2D eigenvalue weighted by Crippen LogP contribution is 2.20. The van der Waals surface area contributed by atoms with E-state index in [4.69, 9.17) is 9.84 Å². The van der Waals surface area contributed by atoms with Crippen molar-refractivity contribution < 1.29 is 27.4 Å². The van der Waals surface area contributed by atoms with Crippen LogP contribution in [0, 0.1) is 12.7 Å². The van der Waals surface area contributed by atoms with Crippen molar-refractivity contribution in [2.45, 2.75) is 18.2 Å². The van der Waals surface area contributed by atoms with Gasteiger partial charge < -0.3 is 9.84 Å². The number of carbonyl (C=O) groups is 1. The largest absolute Gasteiger partial charge is 0.478 e. The minimum Gasteiger partial charge on any atom is -0.478 e. The molecular formula is C12H15FO5S. The number of hydrogen-bond acceptors (Lipinski definition) is 4. The number of methoxy groups -OCH3 is 1. The fraction of sp³-hybridized carbons (Fsp3) is 0.417. The molecule has 0 fully saturated rings. The third kappa shape index (κ3) is 3.74. The van der Waals surface area contributed by atoms with Gasteiger partial charge in [-0.25, -0.2) is 17.6 Å². The highest BCUT2D eigenvalue weighted by Gasteiger charge is 2.21. The normalized spacial score (nSPS) is 11.5. The van der Waals surface area contributed by atoms with E-state index in [9.17, 15) is 17.6 Å². The van der Waals surface area contributed by atoms with Gasteiger partial charge in [-0.15, -0.1) is 0 Å². The molecule has 0 spiro atoms. The molecule has 0 amide bonds. The van der Waals surface area contributed by atoms with Crippen LogP contribution in [0.25, 0.3) is 0 Å². The SMILES string of the molecule is COCCCS(=O)(=O)c1cc(C)c(F)c(C(=O)O)c1. The predicted molar refractivity (Wildman–Crippen MR) is 66.6 cm³/mol. The molecule has 0 aliphatic heterocycles. The molecule has 0 unspecified atom stereocenters. The standard InChI is InChI=1S/C12H15FO5S/c1-8-6-9(7-10(11(8)13)12(14)15)19(16,17)5-3-4-18-2/h6-7H,3-5H2,1-2H3,(H,14,15). The van der Waals surface area contributed by atoms with E-state index < -0.39 is 27.2 Å². The predicted octanol–water partition coefficient (Wildman–Crippen LogP) is 1.64. The summed E-state index contributed by atoms with van der Waals surface area (Å²) < 4.78 is 42.2. The lowest BCUT2D eigenvalue weighted by Gasteiger charge is -2.08. The number of rotatable bonds is 6. The van der Waals surface area contributed by atoms with Crippen molar-refractivity contribution in [3.8, 4) is 0 Å². The molecule has 1 aromatic rings. The average Bonchev–Trinajstić information content (AvgIpc) is 2.32. The smallest absolute Gasteiger partial charge is 0.338 e. The Morgan fingerprint density at radius 3 is 2.58 bits per heavy atom. The first kappa shape index (κ1) is 15.6. The van der Waals surface area contributed by atoms with E-state index in [-0.39, 0.29) is 29.2 Å². The molecule has 0 aromatic heterocycles. The number of sulfone groups is 1. The second-order valence-corrected chi connectivity index (χ2v) is 6.18. The van der Waals surface area contributed by atoms with Gasteiger partial charge in [0.2, 0.25) is 0 Å². The fourth-order valence-corrected chi connectivity index (χ4v) is 2.97. The van der Waals surface area contributed by atoms with Crippen LogP contribution in [0.5, 0.6) is 0 Å². The molecule has 0 heterocycles. The maximum atomic E-state index is 13.5. The molecule has 7 heteroatoms. The molecule has 1 N–H and O–H groups in total. The average molecular weight is 290 g/mol. The molecule has 0 aliphatic rings. The van der Waals surface area contributed by atoms with Gasteiger partial charge in [-0.05, 0) is 31.0 Å². The van der Waals surface area contributed by atoms with Crippen LogP contribution in [0.15, 0.2) is 17.0 Å². The summed E-state index contributed by atoms with van der Waals surface area (Å²) in [5, 5.41) is 8.84. The second kappa shape index (κ2) is 6.12. The molecule has 0 atom stereocenters. The van der Waals surface area contributed by atoms with Gasteiger partial charge in [0.15, 0.2) is 9.84 Å². The molecule has 106 valence electrons. The maximum Gasteiger partial charge on any atom is 0.338 e. The zero-order valence-corrected chi connectivity index (χ0v) is 11.5. The molecular weight excluding hydrogens is 275 g/mol. The number of carboxylic acid groups (broad SMARTS) is 1. The summed E-state index contributed by atoms with van der Waals surface area (Å²) in [6.45, 7) is 1.61. The lowest BCUT2D eigenvalue weighted by molar-refractivity contribution is 0.0691.